The molecule has 2 rings (SSSR count). The fourth-order valence-corrected chi connectivity index (χ4v) is 2.43. The van der Waals surface area contributed by atoms with Crippen molar-refractivity contribution in [2.45, 2.75) is 32.9 Å². The number of aliphatic hydroxyl groups is 1. The zero-order chi connectivity index (χ0) is 14.9. The molecular formula is C15H19ClN2O2. The van der Waals surface area contributed by atoms with Crippen molar-refractivity contribution in [3.63, 3.8) is 0 Å². The molecule has 0 aliphatic carbocycles. The molecule has 1 aromatic heterocycles. The first kappa shape index (κ1) is 14.9. The number of halogens is 1. The van der Waals surface area contributed by atoms with Crippen LogP contribution in [0.1, 0.15) is 42.8 Å². The van der Waals surface area contributed by atoms with Crippen molar-refractivity contribution in [2.24, 2.45) is 0 Å². The van der Waals surface area contributed by atoms with Crippen LogP contribution in [-0.2, 0) is 0 Å². The Labute approximate surface area is 123 Å². The van der Waals surface area contributed by atoms with Crippen molar-refractivity contribution >= 4 is 11.6 Å². The monoisotopic (exact) mass is 294 g/mol. The number of nitrogens with zero attached hydrogens (tertiary/aromatic N) is 2. The van der Waals surface area contributed by atoms with E-state index in [0.717, 1.165) is 11.1 Å². The van der Waals surface area contributed by atoms with Gasteiger partial charge in [0.1, 0.15) is 11.8 Å². The van der Waals surface area contributed by atoms with E-state index >= 15 is 0 Å². The van der Waals surface area contributed by atoms with Crippen LogP contribution in [0.15, 0.2) is 24.4 Å². The molecule has 2 aromatic rings. The molecule has 108 valence electrons. The summed E-state index contributed by atoms with van der Waals surface area (Å²) >= 11 is 6.13. The van der Waals surface area contributed by atoms with E-state index in [1.165, 1.54) is 0 Å². The van der Waals surface area contributed by atoms with Gasteiger partial charge in [0.15, 0.2) is 5.75 Å². The van der Waals surface area contributed by atoms with E-state index in [2.05, 4.69) is 5.10 Å². The third-order valence-corrected chi connectivity index (χ3v) is 3.78. The quantitative estimate of drug-likeness (QED) is 0.938. The van der Waals surface area contributed by atoms with Gasteiger partial charge in [-0.2, -0.15) is 5.10 Å². The van der Waals surface area contributed by atoms with Crippen LogP contribution in [0.2, 0.25) is 5.02 Å². The zero-order valence-electron chi connectivity index (χ0n) is 12.1. The summed E-state index contributed by atoms with van der Waals surface area (Å²) in [6, 6.07) is 5.63. The Bertz CT molecular complexity index is 608. The molecule has 1 atom stereocenters. The van der Waals surface area contributed by atoms with Crippen molar-refractivity contribution in [1.29, 1.82) is 0 Å². The second kappa shape index (κ2) is 5.85. The van der Waals surface area contributed by atoms with Gasteiger partial charge in [0.05, 0.1) is 13.3 Å². The number of methoxy groups -OCH3 is 1. The molecule has 1 aromatic carbocycles. The Morgan fingerprint density at radius 2 is 2.05 bits per heavy atom. The maximum atomic E-state index is 10.7. The van der Waals surface area contributed by atoms with E-state index < -0.39 is 6.10 Å². The number of rotatable bonds is 4. The molecule has 0 saturated heterocycles. The molecule has 1 heterocycles. The van der Waals surface area contributed by atoms with Gasteiger partial charge < -0.3 is 9.84 Å². The lowest BCUT2D eigenvalue weighted by Gasteiger charge is -2.19. The minimum absolute atomic E-state index is 0.128. The van der Waals surface area contributed by atoms with Gasteiger partial charge in [-0.05, 0) is 38.0 Å². The van der Waals surface area contributed by atoms with E-state index in [0.29, 0.717) is 16.5 Å². The molecular weight excluding hydrogens is 276 g/mol. The first-order chi connectivity index (χ1) is 9.47. The molecule has 0 aliphatic heterocycles. The minimum Gasteiger partial charge on any atom is -0.493 e. The van der Waals surface area contributed by atoms with Crippen molar-refractivity contribution in [2.75, 3.05) is 7.11 Å². The first-order valence-electron chi connectivity index (χ1n) is 6.51. The van der Waals surface area contributed by atoms with Gasteiger partial charge in [-0.15, -0.1) is 0 Å². The molecule has 0 spiro atoms. The largest absolute Gasteiger partial charge is 0.493 e. The third-order valence-electron chi connectivity index (χ3n) is 3.37. The average molecular weight is 295 g/mol. The Balaban J connectivity index is 2.55. The molecule has 1 unspecified atom stereocenters. The first-order valence-corrected chi connectivity index (χ1v) is 6.89. The van der Waals surface area contributed by atoms with E-state index in [1.54, 1.807) is 18.0 Å². The van der Waals surface area contributed by atoms with Crippen LogP contribution in [-0.4, -0.2) is 22.0 Å². The van der Waals surface area contributed by atoms with E-state index in [1.807, 2.05) is 39.0 Å². The number of aliphatic hydroxyl groups excluding tert-OH is 1. The van der Waals surface area contributed by atoms with E-state index in [-0.39, 0.29) is 6.04 Å². The molecule has 0 bridgehead atoms. The predicted molar refractivity (Wildman–Crippen MR) is 79.4 cm³/mol. The summed E-state index contributed by atoms with van der Waals surface area (Å²) in [5.74, 6) is 0.575. The highest BCUT2D eigenvalue weighted by molar-refractivity contribution is 6.31. The lowest BCUT2D eigenvalue weighted by Crippen LogP contribution is -2.14. The molecule has 0 saturated carbocycles. The molecule has 1 N–H and O–H groups in total. The highest BCUT2D eigenvalue weighted by atomic mass is 35.5. The van der Waals surface area contributed by atoms with Gasteiger partial charge in [0, 0.05) is 11.1 Å². The maximum absolute atomic E-state index is 10.7. The average Bonchev–Trinajstić information content (AvgIpc) is 2.85. The summed E-state index contributed by atoms with van der Waals surface area (Å²) in [6.07, 6.45) is 0.798. The van der Waals surface area contributed by atoms with Crippen molar-refractivity contribution in [1.82, 2.24) is 9.78 Å². The summed E-state index contributed by atoms with van der Waals surface area (Å²) in [6.45, 7) is 5.91. The number of aromatic nitrogens is 2. The fourth-order valence-electron chi connectivity index (χ4n) is 2.25. The van der Waals surface area contributed by atoms with Gasteiger partial charge in [-0.25, -0.2) is 0 Å². The number of hydrogen-bond acceptors (Lipinski definition) is 3. The van der Waals surface area contributed by atoms with Crippen molar-refractivity contribution < 1.29 is 9.84 Å². The summed E-state index contributed by atoms with van der Waals surface area (Å²) in [5, 5.41) is 15.6. The second-order valence-electron chi connectivity index (χ2n) is 4.99. The van der Waals surface area contributed by atoms with Crippen LogP contribution < -0.4 is 4.74 Å². The molecule has 0 aliphatic rings. The minimum atomic E-state index is -0.825. The number of benzene rings is 1. The smallest absolute Gasteiger partial charge is 0.163 e. The zero-order valence-corrected chi connectivity index (χ0v) is 12.8. The van der Waals surface area contributed by atoms with Gasteiger partial charge in [-0.3, -0.25) is 4.68 Å². The Hall–Kier alpha value is -1.52. The second-order valence-corrected chi connectivity index (χ2v) is 5.40. The molecule has 0 amide bonds. The van der Waals surface area contributed by atoms with Crippen LogP contribution in [0.4, 0.5) is 0 Å². The van der Waals surface area contributed by atoms with Gasteiger partial charge in [-0.1, -0.05) is 23.7 Å². The van der Waals surface area contributed by atoms with Crippen LogP contribution in [0.3, 0.4) is 0 Å². The molecule has 4 nitrogen and oxygen atoms in total. The molecule has 20 heavy (non-hydrogen) atoms. The normalized spacial score (nSPS) is 12.8. The van der Waals surface area contributed by atoms with Crippen LogP contribution in [0.5, 0.6) is 5.75 Å². The third kappa shape index (κ3) is 2.53. The van der Waals surface area contributed by atoms with Gasteiger partial charge in [0.25, 0.3) is 0 Å². The molecule has 5 heteroatoms. The predicted octanol–water partition coefficient (Wildman–Crippen LogP) is 3.52. The van der Waals surface area contributed by atoms with Gasteiger partial charge >= 0.3 is 0 Å². The highest BCUT2D eigenvalue weighted by Gasteiger charge is 2.24. The molecule has 0 fully saturated rings. The number of hydrogen-bond donors (Lipinski definition) is 1. The van der Waals surface area contributed by atoms with Crippen molar-refractivity contribution in [3.05, 3.63) is 46.2 Å². The van der Waals surface area contributed by atoms with E-state index in [9.17, 15) is 5.11 Å². The SMILES string of the molecule is COc1cnn(C(C)C)c1C(O)c1cccc(Cl)c1C. The summed E-state index contributed by atoms with van der Waals surface area (Å²) in [4.78, 5) is 0. The maximum Gasteiger partial charge on any atom is 0.163 e. The fraction of sp³-hybridized carbons (Fsp3) is 0.400. The Kier molecular flexibility index (Phi) is 4.35. The topological polar surface area (TPSA) is 47.3 Å². The van der Waals surface area contributed by atoms with E-state index in [4.69, 9.17) is 16.3 Å². The lowest BCUT2D eigenvalue weighted by atomic mass is 10.0. The standard InChI is InChI=1S/C15H19ClN2O2/c1-9(2)18-14(13(20-4)8-17-18)15(19)11-6-5-7-12(16)10(11)3/h5-9,15,19H,1-4H3. The summed E-state index contributed by atoms with van der Waals surface area (Å²) in [5.41, 5.74) is 2.27. The van der Waals surface area contributed by atoms with Crippen LogP contribution >= 0.6 is 11.6 Å². The van der Waals surface area contributed by atoms with Crippen LogP contribution in [0.25, 0.3) is 0 Å². The Morgan fingerprint density at radius 1 is 1.35 bits per heavy atom. The Morgan fingerprint density at radius 3 is 2.65 bits per heavy atom. The highest BCUT2D eigenvalue weighted by Crippen LogP contribution is 2.34. The van der Waals surface area contributed by atoms with Gasteiger partial charge in [0.2, 0.25) is 0 Å². The summed E-state index contributed by atoms with van der Waals surface area (Å²) in [7, 11) is 1.57. The molecule has 0 radical (unpaired) electrons. The van der Waals surface area contributed by atoms with Crippen LogP contribution in [0, 0.1) is 6.92 Å². The lowest BCUT2D eigenvalue weighted by molar-refractivity contribution is 0.199. The van der Waals surface area contributed by atoms with Crippen molar-refractivity contribution in [3.8, 4) is 5.75 Å². The number of ether oxygens (including phenoxy) is 1. The summed E-state index contributed by atoms with van der Waals surface area (Å²) < 4.78 is 7.08.